The van der Waals surface area contributed by atoms with Crippen LogP contribution in [0.25, 0.3) is 0 Å². The van der Waals surface area contributed by atoms with E-state index in [9.17, 15) is 28.3 Å². The molecule has 1 heterocycles. The molecule has 5 N–H and O–H groups in total. The Kier molecular flexibility index (Phi) is 10.1. The number of benzene rings is 4. The average Bonchev–Trinajstić information content (AvgIpc) is 3.05. The fourth-order valence-corrected chi connectivity index (χ4v) is 6.07. The Balaban J connectivity index is 1.51. The summed E-state index contributed by atoms with van der Waals surface area (Å²) < 4.78 is 27.2. The molecule has 10 heteroatoms. The first-order chi connectivity index (χ1) is 22.1. The van der Waals surface area contributed by atoms with Gasteiger partial charge in [-0.3, -0.25) is 9.59 Å². The molecule has 1 fully saturated rings. The summed E-state index contributed by atoms with van der Waals surface area (Å²) in [5.41, 5.74) is 14.6. The molecule has 0 aliphatic carbocycles. The van der Waals surface area contributed by atoms with E-state index in [0.717, 1.165) is 11.1 Å². The minimum Gasteiger partial charge on any atom is -0.389 e. The Labute approximate surface area is 266 Å². The van der Waals surface area contributed by atoms with Gasteiger partial charge in [0.2, 0.25) is 11.8 Å². The lowest BCUT2D eigenvalue weighted by Gasteiger charge is -2.49. The lowest BCUT2D eigenvalue weighted by molar-refractivity contribution is -0.0478. The third kappa shape index (κ3) is 7.76. The van der Waals surface area contributed by atoms with Crippen LogP contribution in [0.15, 0.2) is 97.1 Å². The van der Waals surface area contributed by atoms with Crippen LogP contribution in [0.1, 0.15) is 55.8 Å². The van der Waals surface area contributed by atoms with E-state index in [0.29, 0.717) is 47.9 Å². The Morgan fingerprint density at radius 1 is 0.630 bits per heavy atom. The zero-order valence-electron chi connectivity index (χ0n) is 25.2. The highest BCUT2D eigenvalue weighted by Crippen LogP contribution is 2.32. The van der Waals surface area contributed by atoms with Gasteiger partial charge in [0.1, 0.15) is 11.6 Å². The highest BCUT2D eigenvalue weighted by Gasteiger charge is 2.45. The average molecular weight is 627 g/mol. The summed E-state index contributed by atoms with van der Waals surface area (Å²) in [6, 6.07) is 24.0. The Morgan fingerprint density at radius 3 is 1.39 bits per heavy atom. The molecule has 0 aromatic heterocycles. The fourth-order valence-electron chi connectivity index (χ4n) is 6.07. The highest BCUT2D eigenvalue weighted by molar-refractivity contribution is 5.93. The van der Waals surface area contributed by atoms with Crippen LogP contribution in [0.2, 0.25) is 0 Å². The maximum Gasteiger partial charge on any atom is 0.321 e. The number of nitrogens with zero attached hydrogens (tertiary/aromatic N) is 2. The number of primary amides is 2. The molecule has 0 radical (unpaired) electrons. The van der Waals surface area contributed by atoms with Crippen LogP contribution in [-0.2, 0) is 25.9 Å². The standard InChI is InChI=1S/C36H36F2N4O4/c37-29-13-7-23(8-14-29)11-17-31-33(43)32(18-12-24-9-15-30(38)16-10-24)42(22-26-4-2-6-28(20-26)35(40)45)36(46)41(31)21-25-3-1-5-27(19-25)34(39)44/h1-10,13-16,19-20,31-33,43H,11-12,17-18,21-22H2,(H2,39,44)(H2,40,45)/t31-,32-/m1/s1. The summed E-state index contributed by atoms with van der Waals surface area (Å²) >= 11 is 0. The summed E-state index contributed by atoms with van der Waals surface area (Å²) in [7, 11) is 0. The van der Waals surface area contributed by atoms with Gasteiger partial charge in [0.05, 0.1) is 18.2 Å². The van der Waals surface area contributed by atoms with Crippen LogP contribution >= 0.6 is 0 Å². The van der Waals surface area contributed by atoms with Crippen molar-refractivity contribution in [2.45, 2.75) is 57.0 Å². The topological polar surface area (TPSA) is 130 Å². The molecule has 1 aliphatic heterocycles. The first kappa shape index (κ1) is 32.3. The van der Waals surface area contributed by atoms with Crippen LogP contribution in [0.5, 0.6) is 0 Å². The summed E-state index contributed by atoms with van der Waals surface area (Å²) in [4.78, 5) is 41.5. The molecule has 0 spiro atoms. The van der Waals surface area contributed by atoms with E-state index in [1.54, 1.807) is 82.6 Å². The van der Waals surface area contributed by atoms with Crippen molar-refractivity contribution in [1.82, 2.24) is 9.80 Å². The molecule has 4 aromatic carbocycles. The summed E-state index contributed by atoms with van der Waals surface area (Å²) in [6.45, 7) is 0.182. The van der Waals surface area contributed by atoms with Gasteiger partial charge in [0.25, 0.3) is 0 Å². The lowest BCUT2D eigenvalue weighted by Crippen LogP contribution is -2.65. The third-order valence-corrected chi connectivity index (χ3v) is 8.49. The Hall–Kier alpha value is -5.09. The number of nitrogens with two attached hydrogens (primary N) is 2. The van der Waals surface area contributed by atoms with Crippen molar-refractivity contribution in [1.29, 1.82) is 0 Å². The summed E-state index contributed by atoms with van der Waals surface area (Å²) in [6.07, 6.45) is 0.687. The molecule has 0 bridgehead atoms. The molecule has 8 nitrogen and oxygen atoms in total. The van der Waals surface area contributed by atoms with Crippen molar-refractivity contribution < 1.29 is 28.3 Å². The SMILES string of the molecule is NC(=O)c1cccc(CN2C(=O)N(Cc3cccc(C(N)=O)c3)[C@H](CCc3ccc(F)cc3)C(O)[C@H]2CCc2ccc(F)cc2)c1. The van der Waals surface area contributed by atoms with Gasteiger partial charge in [-0.15, -0.1) is 0 Å². The first-order valence-corrected chi connectivity index (χ1v) is 15.1. The summed E-state index contributed by atoms with van der Waals surface area (Å²) in [5, 5.41) is 12.1. The smallest absolute Gasteiger partial charge is 0.321 e. The van der Waals surface area contributed by atoms with Crippen molar-refractivity contribution in [2.24, 2.45) is 11.5 Å². The molecule has 4 aromatic rings. The van der Waals surface area contributed by atoms with Crippen LogP contribution in [0.4, 0.5) is 13.6 Å². The minimum absolute atomic E-state index is 0.0909. The van der Waals surface area contributed by atoms with E-state index >= 15 is 0 Å². The predicted molar refractivity (Wildman–Crippen MR) is 169 cm³/mol. The van der Waals surface area contributed by atoms with E-state index in [1.165, 1.54) is 24.3 Å². The van der Waals surface area contributed by atoms with Gasteiger partial charge in [-0.1, -0.05) is 48.5 Å². The van der Waals surface area contributed by atoms with E-state index in [4.69, 9.17) is 11.5 Å². The number of aliphatic hydroxyl groups excluding tert-OH is 1. The molecule has 46 heavy (non-hydrogen) atoms. The third-order valence-electron chi connectivity index (χ3n) is 8.49. The van der Waals surface area contributed by atoms with Crippen molar-refractivity contribution in [3.63, 3.8) is 0 Å². The highest BCUT2D eigenvalue weighted by atomic mass is 19.1. The summed E-state index contributed by atoms with van der Waals surface area (Å²) in [5.74, 6) is -1.91. The van der Waals surface area contributed by atoms with Crippen LogP contribution in [0, 0.1) is 11.6 Å². The number of hydrogen-bond donors (Lipinski definition) is 3. The van der Waals surface area contributed by atoms with Crippen molar-refractivity contribution in [3.8, 4) is 0 Å². The second-order valence-electron chi connectivity index (χ2n) is 11.6. The van der Waals surface area contributed by atoms with Gasteiger partial charge < -0.3 is 26.4 Å². The molecule has 0 saturated carbocycles. The van der Waals surface area contributed by atoms with Crippen molar-refractivity contribution in [2.75, 3.05) is 0 Å². The number of aryl methyl sites for hydroxylation is 2. The van der Waals surface area contributed by atoms with Crippen LogP contribution in [-0.4, -0.2) is 50.9 Å². The second kappa shape index (κ2) is 14.3. The molecule has 1 saturated heterocycles. The van der Waals surface area contributed by atoms with E-state index in [-0.39, 0.29) is 30.8 Å². The number of rotatable bonds is 12. The number of amides is 4. The number of hydrogen-bond acceptors (Lipinski definition) is 4. The quantitative estimate of drug-likeness (QED) is 0.205. The van der Waals surface area contributed by atoms with E-state index < -0.39 is 30.0 Å². The van der Waals surface area contributed by atoms with E-state index in [1.807, 2.05) is 0 Å². The number of aliphatic hydroxyl groups is 1. The predicted octanol–water partition coefficient (Wildman–Crippen LogP) is 4.96. The van der Waals surface area contributed by atoms with Gasteiger partial charge in [-0.25, -0.2) is 13.6 Å². The maximum atomic E-state index is 14.5. The first-order valence-electron chi connectivity index (χ1n) is 15.1. The second-order valence-corrected chi connectivity index (χ2v) is 11.6. The minimum atomic E-state index is -1.02. The molecule has 238 valence electrons. The van der Waals surface area contributed by atoms with Gasteiger partial charge in [-0.2, -0.15) is 0 Å². The van der Waals surface area contributed by atoms with Crippen LogP contribution in [0.3, 0.4) is 0 Å². The number of carbonyl (C=O) groups excluding carboxylic acids is 3. The monoisotopic (exact) mass is 626 g/mol. The number of halogens is 2. The normalized spacial score (nSPS) is 16.9. The molecule has 0 unspecified atom stereocenters. The lowest BCUT2D eigenvalue weighted by atomic mass is 9.88. The van der Waals surface area contributed by atoms with Gasteiger partial charge >= 0.3 is 6.03 Å². The van der Waals surface area contributed by atoms with Gasteiger partial charge in [0.15, 0.2) is 0 Å². The van der Waals surface area contributed by atoms with Crippen molar-refractivity contribution in [3.05, 3.63) is 142 Å². The van der Waals surface area contributed by atoms with Crippen LogP contribution < -0.4 is 11.5 Å². The maximum absolute atomic E-state index is 14.5. The molecular weight excluding hydrogens is 590 g/mol. The molecular formula is C36H36F2N4O4. The molecule has 2 atom stereocenters. The molecule has 4 amide bonds. The molecule has 5 rings (SSSR count). The van der Waals surface area contributed by atoms with Gasteiger partial charge in [0, 0.05) is 24.2 Å². The zero-order chi connectivity index (χ0) is 32.8. The zero-order valence-corrected chi connectivity index (χ0v) is 25.2. The number of urea groups is 1. The molecule has 1 aliphatic rings. The van der Waals surface area contributed by atoms with Crippen molar-refractivity contribution >= 4 is 17.8 Å². The Bertz CT molecular complexity index is 1570. The van der Waals surface area contributed by atoms with E-state index in [2.05, 4.69) is 0 Å². The van der Waals surface area contributed by atoms with Gasteiger partial charge in [-0.05, 0) is 96.5 Å². The fraction of sp³-hybridized carbons (Fsp3) is 0.250. The largest absolute Gasteiger partial charge is 0.389 e. The number of carbonyl (C=O) groups is 3. The Morgan fingerprint density at radius 2 is 1.02 bits per heavy atom.